The van der Waals surface area contributed by atoms with Gasteiger partial charge in [-0.15, -0.1) is 0 Å². The lowest BCUT2D eigenvalue weighted by Gasteiger charge is -2.34. The van der Waals surface area contributed by atoms with E-state index in [1.807, 2.05) is 0 Å². The summed E-state index contributed by atoms with van der Waals surface area (Å²) in [5.74, 6) is -4.41. The van der Waals surface area contributed by atoms with Gasteiger partial charge in [0, 0.05) is 13.0 Å². The highest BCUT2D eigenvalue weighted by atomic mass is 19.2. The zero-order valence-corrected chi connectivity index (χ0v) is 12.0. The van der Waals surface area contributed by atoms with Crippen molar-refractivity contribution in [2.75, 3.05) is 0 Å². The van der Waals surface area contributed by atoms with Crippen molar-refractivity contribution in [3.05, 3.63) is 70.8 Å². The predicted octanol–water partition coefficient (Wildman–Crippen LogP) is 2.62. The Hall–Kier alpha value is -2.76. The molecular formula is C17H13F2NO3. The van der Waals surface area contributed by atoms with Crippen LogP contribution in [0.3, 0.4) is 0 Å². The van der Waals surface area contributed by atoms with Gasteiger partial charge in [0.15, 0.2) is 11.6 Å². The lowest BCUT2D eigenvalue weighted by molar-refractivity contribution is -0.142. The van der Waals surface area contributed by atoms with Crippen molar-refractivity contribution in [3.8, 4) is 0 Å². The molecule has 0 aromatic heterocycles. The first-order valence-corrected chi connectivity index (χ1v) is 7.03. The Bertz CT molecular complexity index is 791. The van der Waals surface area contributed by atoms with Crippen LogP contribution in [0.15, 0.2) is 42.5 Å². The molecular weight excluding hydrogens is 304 g/mol. The lowest BCUT2D eigenvalue weighted by Crippen LogP contribution is -2.48. The molecule has 1 atom stereocenters. The van der Waals surface area contributed by atoms with Crippen LogP contribution in [0.2, 0.25) is 0 Å². The van der Waals surface area contributed by atoms with E-state index in [0.29, 0.717) is 0 Å². The number of carbonyl (C=O) groups is 2. The maximum Gasteiger partial charge on any atom is 0.326 e. The van der Waals surface area contributed by atoms with Crippen LogP contribution in [-0.4, -0.2) is 27.9 Å². The molecule has 1 amide bonds. The first-order chi connectivity index (χ1) is 11.0. The fraction of sp³-hybridized carbons (Fsp3) is 0.176. The number of aliphatic carboxylic acids is 1. The molecule has 0 fully saturated rings. The largest absolute Gasteiger partial charge is 0.480 e. The minimum Gasteiger partial charge on any atom is -0.480 e. The number of amides is 1. The van der Waals surface area contributed by atoms with Gasteiger partial charge in [-0.2, -0.15) is 0 Å². The number of nitrogens with zero attached hydrogens (tertiary/aromatic N) is 1. The standard InChI is InChI=1S/C17H13F2NO3/c18-13-7-3-6-12(15(13)19)16(21)20-9-11-5-2-1-4-10(11)8-14(20)17(22)23/h1-7,14H,8-9H2,(H,22,23)/t14-/m0/s1. The van der Waals surface area contributed by atoms with Gasteiger partial charge in [-0.1, -0.05) is 30.3 Å². The zero-order valence-electron chi connectivity index (χ0n) is 12.0. The van der Waals surface area contributed by atoms with E-state index in [-0.39, 0.29) is 13.0 Å². The topological polar surface area (TPSA) is 57.6 Å². The van der Waals surface area contributed by atoms with Gasteiger partial charge in [-0.25, -0.2) is 13.6 Å². The minimum absolute atomic E-state index is 0.0436. The van der Waals surface area contributed by atoms with Gasteiger partial charge < -0.3 is 10.0 Å². The average molecular weight is 317 g/mol. The average Bonchev–Trinajstić information content (AvgIpc) is 2.55. The van der Waals surface area contributed by atoms with Crippen molar-refractivity contribution < 1.29 is 23.5 Å². The maximum atomic E-state index is 13.9. The van der Waals surface area contributed by atoms with Gasteiger partial charge in [0.05, 0.1) is 5.56 Å². The molecule has 0 bridgehead atoms. The maximum absolute atomic E-state index is 13.9. The molecule has 6 heteroatoms. The fourth-order valence-corrected chi connectivity index (χ4v) is 2.78. The molecule has 1 N–H and O–H groups in total. The van der Waals surface area contributed by atoms with E-state index in [0.717, 1.165) is 28.2 Å². The molecule has 4 nitrogen and oxygen atoms in total. The molecule has 118 valence electrons. The molecule has 1 heterocycles. The van der Waals surface area contributed by atoms with Crippen LogP contribution in [0.4, 0.5) is 8.78 Å². The normalized spacial score (nSPS) is 16.8. The summed E-state index contributed by atoms with van der Waals surface area (Å²) >= 11 is 0. The van der Waals surface area contributed by atoms with E-state index in [2.05, 4.69) is 0 Å². The number of hydrogen-bond acceptors (Lipinski definition) is 2. The van der Waals surface area contributed by atoms with Crippen LogP contribution in [0.5, 0.6) is 0 Å². The lowest BCUT2D eigenvalue weighted by atomic mass is 9.93. The molecule has 0 aliphatic carbocycles. The first kappa shape index (κ1) is 15.1. The van der Waals surface area contributed by atoms with Gasteiger partial charge in [0.1, 0.15) is 6.04 Å². The van der Waals surface area contributed by atoms with E-state index in [1.165, 1.54) is 6.07 Å². The number of carboxylic acids is 1. The first-order valence-electron chi connectivity index (χ1n) is 7.03. The molecule has 0 radical (unpaired) electrons. The summed E-state index contributed by atoms with van der Waals surface area (Å²) in [5.41, 5.74) is 1.18. The third-order valence-electron chi connectivity index (χ3n) is 3.98. The summed E-state index contributed by atoms with van der Waals surface area (Å²) in [6.45, 7) is 0.0436. The van der Waals surface area contributed by atoms with Crippen LogP contribution >= 0.6 is 0 Å². The second-order valence-electron chi connectivity index (χ2n) is 5.36. The molecule has 2 aromatic rings. The van der Waals surface area contributed by atoms with Crippen LogP contribution in [0.25, 0.3) is 0 Å². The summed E-state index contributed by atoms with van der Waals surface area (Å²) in [6.07, 6.45) is 0.133. The van der Waals surface area contributed by atoms with Crippen molar-refractivity contribution in [3.63, 3.8) is 0 Å². The van der Waals surface area contributed by atoms with Crippen molar-refractivity contribution in [2.24, 2.45) is 0 Å². The van der Waals surface area contributed by atoms with Crippen LogP contribution in [0, 0.1) is 11.6 Å². The molecule has 0 unspecified atom stereocenters. The Labute approximate surface area is 131 Å². The van der Waals surface area contributed by atoms with Crippen molar-refractivity contribution >= 4 is 11.9 Å². The van der Waals surface area contributed by atoms with Crippen LogP contribution < -0.4 is 0 Å². The summed E-state index contributed by atoms with van der Waals surface area (Å²) in [6, 6.07) is 9.34. The third-order valence-corrected chi connectivity index (χ3v) is 3.98. The minimum atomic E-state index is -1.26. The molecule has 2 aromatic carbocycles. The van der Waals surface area contributed by atoms with Gasteiger partial charge in [0.2, 0.25) is 0 Å². The Morgan fingerprint density at radius 2 is 1.74 bits per heavy atom. The number of rotatable bonds is 2. The van der Waals surface area contributed by atoms with Gasteiger partial charge >= 0.3 is 5.97 Å². The number of halogens is 2. The van der Waals surface area contributed by atoms with E-state index < -0.39 is 35.1 Å². The highest BCUT2D eigenvalue weighted by molar-refractivity contribution is 5.97. The van der Waals surface area contributed by atoms with Gasteiger partial charge in [0.25, 0.3) is 5.91 Å². The van der Waals surface area contributed by atoms with Crippen molar-refractivity contribution in [1.29, 1.82) is 0 Å². The van der Waals surface area contributed by atoms with E-state index in [9.17, 15) is 23.5 Å². The number of benzene rings is 2. The monoisotopic (exact) mass is 317 g/mol. The molecule has 0 saturated carbocycles. The zero-order chi connectivity index (χ0) is 16.6. The Morgan fingerprint density at radius 3 is 2.43 bits per heavy atom. The molecule has 0 spiro atoms. The summed E-state index contributed by atoms with van der Waals surface area (Å²) in [7, 11) is 0. The van der Waals surface area contributed by atoms with Crippen molar-refractivity contribution in [2.45, 2.75) is 19.0 Å². The Kier molecular flexibility index (Phi) is 3.82. The SMILES string of the molecule is O=C(O)[C@@H]1Cc2ccccc2CN1C(=O)c1cccc(F)c1F. The smallest absolute Gasteiger partial charge is 0.326 e. The molecule has 1 aliphatic heterocycles. The summed E-state index contributed by atoms with van der Waals surface area (Å²) in [5, 5.41) is 9.39. The molecule has 3 rings (SSSR count). The van der Waals surface area contributed by atoms with Crippen LogP contribution in [-0.2, 0) is 17.8 Å². The number of fused-ring (bicyclic) bond motifs is 1. The van der Waals surface area contributed by atoms with Crippen molar-refractivity contribution in [1.82, 2.24) is 4.90 Å². The van der Waals surface area contributed by atoms with E-state index in [1.54, 1.807) is 24.3 Å². The molecule has 1 aliphatic rings. The molecule has 23 heavy (non-hydrogen) atoms. The van der Waals surface area contributed by atoms with E-state index >= 15 is 0 Å². The summed E-state index contributed by atoms with van der Waals surface area (Å²) < 4.78 is 27.2. The van der Waals surface area contributed by atoms with E-state index in [4.69, 9.17) is 0 Å². The Morgan fingerprint density at radius 1 is 1.04 bits per heavy atom. The van der Waals surface area contributed by atoms with Gasteiger partial charge in [-0.05, 0) is 23.3 Å². The second-order valence-corrected chi connectivity index (χ2v) is 5.36. The second kappa shape index (κ2) is 5.79. The number of hydrogen-bond donors (Lipinski definition) is 1. The quantitative estimate of drug-likeness (QED) is 0.926. The fourth-order valence-electron chi connectivity index (χ4n) is 2.78. The van der Waals surface area contributed by atoms with Crippen LogP contribution in [0.1, 0.15) is 21.5 Å². The highest BCUT2D eigenvalue weighted by Gasteiger charge is 2.36. The Balaban J connectivity index is 2.01. The molecule has 0 saturated heterocycles. The number of carboxylic acid groups (broad SMARTS) is 1. The highest BCUT2D eigenvalue weighted by Crippen LogP contribution is 2.26. The predicted molar refractivity (Wildman–Crippen MR) is 77.8 cm³/mol. The number of carbonyl (C=O) groups excluding carboxylic acids is 1. The van der Waals surface area contributed by atoms with Gasteiger partial charge in [-0.3, -0.25) is 4.79 Å². The summed E-state index contributed by atoms with van der Waals surface area (Å²) in [4.78, 5) is 25.1. The third kappa shape index (κ3) is 2.67.